The minimum Gasteiger partial charge on any atom is -0.393 e. The lowest BCUT2D eigenvalue weighted by Gasteiger charge is -2.39. The topological polar surface area (TPSA) is 66.8 Å². The molecule has 2 rings (SSSR count). The first kappa shape index (κ1) is 16.2. The Morgan fingerprint density at radius 2 is 2.00 bits per heavy atom. The second kappa shape index (κ2) is 7.20. The van der Waals surface area contributed by atoms with Gasteiger partial charge in [-0.1, -0.05) is 12.8 Å². The van der Waals surface area contributed by atoms with E-state index < -0.39 is 10.0 Å². The average molecular weight is 305 g/mol. The Kier molecular flexibility index (Phi) is 5.84. The van der Waals surface area contributed by atoms with Gasteiger partial charge in [0.05, 0.1) is 18.5 Å². The number of hydrogen-bond donors (Lipinski definition) is 1. The van der Waals surface area contributed by atoms with Crippen LogP contribution in [-0.4, -0.2) is 55.5 Å². The van der Waals surface area contributed by atoms with E-state index in [1.165, 1.54) is 0 Å². The number of nitrogens with zero attached hydrogens (tertiary/aromatic N) is 1. The summed E-state index contributed by atoms with van der Waals surface area (Å²) in [5, 5.41) is 10.1. The Balaban J connectivity index is 2.06. The average Bonchev–Trinajstić information content (AvgIpc) is 2.85. The molecule has 0 radical (unpaired) electrons. The van der Waals surface area contributed by atoms with Crippen molar-refractivity contribution in [1.82, 2.24) is 4.31 Å². The maximum atomic E-state index is 12.5. The summed E-state index contributed by atoms with van der Waals surface area (Å²) < 4.78 is 31.8. The predicted molar refractivity (Wildman–Crippen MR) is 78.0 cm³/mol. The molecule has 1 N–H and O–H groups in total. The van der Waals surface area contributed by atoms with Crippen molar-refractivity contribution in [2.24, 2.45) is 5.92 Å². The molecule has 0 aromatic heterocycles. The number of ether oxygens (including phenoxy) is 1. The Morgan fingerprint density at radius 1 is 1.20 bits per heavy atom. The van der Waals surface area contributed by atoms with Crippen molar-refractivity contribution in [3.63, 3.8) is 0 Å². The van der Waals surface area contributed by atoms with Gasteiger partial charge < -0.3 is 9.84 Å². The van der Waals surface area contributed by atoms with E-state index in [2.05, 4.69) is 0 Å². The summed E-state index contributed by atoms with van der Waals surface area (Å²) in [4.78, 5) is 0. The minimum absolute atomic E-state index is 0.00660. The molecule has 2 aliphatic rings. The van der Waals surface area contributed by atoms with Gasteiger partial charge in [0.15, 0.2) is 0 Å². The van der Waals surface area contributed by atoms with Crippen LogP contribution in [0.5, 0.6) is 0 Å². The van der Waals surface area contributed by atoms with E-state index in [-0.39, 0.29) is 30.4 Å². The fourth-order valence-corrected chi connectivity index (χ4v) is 5.19. The molecule has 3 atom stereocenters. The standard InChI is InChI=1S/C14H27NO4S/c1-2-19-10-11-20(17,18)15-9-4-3-7-13(15)12-6-5-8-14(12)16/h12-14,16H,2-11H2,1H3. The molecule has 0 spiro atoms. The molecule has 20 heavy (non-hydrogen) atoms. The van der Waals surface area contributed by atoms with Gasteiger partial charge in [-0.25, -0.2) is 8.42 Å². The maximum absolute atomic E-state index is 12.5. The smallest absolute Gasteiger partial charge is 0.216 e. The summed E-state index contributed by atoms with van der Waals surface area (Å²) in [5.74, 6) is 0.178. The fourth-order valence-electron chi connectivity index (χ4n) is 3.55. The van der Waals surface area contributed by atoms with Crippen LogP contribution in [0.2, 0.25) is 0 Å². The van der Waals surface area contributed by atoms with Gasteiger partial charge in [0, 0.05) is 25.1 Å². The zero-order valence-electron chi connectivity index (χ0n) is 12.3. The van der Waals surface area contributed by atoms with Gasteiger partial charge in [-0.15, -0.1) is 0 Å². The summed E-state index contributed by atoms with van der Waals surface area (Å²) in [6.45, 7) is 3.27. The summed E-state index contributed by atoms with van der Waals surface area (Å²) in [6.07, 6.45) is 5.31. The Bertz CT molecular complexity index is 398. The monoisotopic (exact) mass is 305 g/mol. The van der Waals surface area contributed by atoms with Crippen LogP contribution in [-0.2, 0) is 14.8 Å². The second-order valence-corrected chi connectivity index (χ2v) is 7.89. The van der Waals surface area contributed by atoms with Gasteiger partial charge >= 0.3 is 0 Å². The van der Waals surface area contributed by atoms with Gasteiger partial charge in [-0.3, -0.25) is 0 Å². The van der Waals surface area contributed by atoms with Crippen LogP contribution in [0.15, 0.2) is 0 Å². The highest BCUT2D eigenvalue weighted by Gasteiger charge is 2.41. The zero-order valence-corrected chi connectivity index (χ0v) is 13.1. The van der Waals surface area contributed by atoms with E-state index >= 15 is 0 Å². The molecule has 6 heteroatoms. The lowest BCUT2D eigenvalue weighted by Crippen LogP contribution is -2.50. The molecule has 0 aromatic carbocycles. The van der Waals surface area contributed by atoms with Crippen molar-refractivity contribution in [3.05, 3.63) is 0 Å². The molecular weight excluding hydrogens is 278 g/mol. The third kappa shape index (κ3) is 3.72. The highest BCUT2D eigenvalue weighted by atomic mass is 32.2. The maximum Gasteiger partial charge on any atom is 0.216 e. The Labute approximate surface area is 122 Å². The lowest BCUT2D eigenvalue weighted by atomic mass is 9.89. The molecule has 5 nitrogen and oxygen atoms in total. The fraction of sp³-hybridized carbons (Fsp3) is 1.00. The van der Waals surface area contributed by atoms with Crippen molar-refractivity contribution in [2.75, 3.05) is 25.5 Å². The number of piperidine rings is 1. The van der Waals surface area contributed by atoms with E-state index in [0.717, 1.165) is 38.5 Å². The van der Waals surface area contributed by atoms with Gasteiger partial charge in [0.2, 0.25) is 10.0 Å². The molecule has 0 amide bonds. The highest BCUT2D eigenvalue weighted by molar-refractivity contribution is 7.89. The first-order valence-corrected chi connectivity index (χ1v) is 9.42. The lowest BCUT2D eigenvalue weighted by molar-refractivity contribution is 0.0718. The van der Waals surface area contributed by atoms with E-state index in [1.807, 2.05) is 6.92 Å². The van der Waals surface area contributed by atoms with E-state index in [4.69, 9.17) is 4.74 Å². The first-order chi connectivity index (χ1) is 9.56. The van der Waals surface area contributed by atoms with Crippen LogP contribution in [0.4, 0.5) is 0 Å². The SMILES string of the molecule is CCOCCS(=O)(=O)N1CCCCC1C1CCCC1O. The van der Waals surface area contributed by atoms with Crippen molar-refractivity contribution >= 4 is 10.0 Å². The molecule has 2 fully saturated rings. The normalized spacial score (nSPS) is 32.6. The van der Waals surface area contributed by atoms with Crippen LogP contribution < -0.4 is 0 Å². The van der Waals surface area contributed by atoms with Gasteiger partial charge in [0.25, 0.3) is 0 Å². The number of aliphatic hydroxyl groups excluding tert-OH is 1. The number of hydrogen-bond acceptors (Lipinski definition) is 4. The second-order valence-electron chi connectivity index (χ2n) is 5.85. The van der Waals surface area contributed by atoms with Gasteiger partial charge in [0.1, 0.15) is 0 Å². The Morgan fingerprint density at radius 3 is 2.65 bits per heavy atom. The molecule has 1 saturated heterocycles. The van der Waals surface area contributed by atoms with Crippen LogP contribution in [0, 0.1) is 5.92 Å². The molecule has 1 saturated carbocycles. The number of rotatable bonds is 6. The van der Waals surface area contributed by atoms with Gasteiger partial charge in [-0.2, -0.15) is 4.31 Å². The van der Waals surface area contributed by atoms with Crippen LogP contribution in [0.25, 0.3) is 0 Å². The third-order valence-corrected chi connectivity index (χ3v) is 6.42. The first-order valence-electron chi connectivity index (χ1n) is 7.81. The quantitative estimate of drug-likeness (QED) is 0.753. The van der Waals surface area contributed by atoms with Crippen molar-refractivity contribution in [3.8, 4) is 0 Å². The summed E-state index contributed by atoms with van der Waals surface area (Å²) in [5.41, 5.74) is 0. The summed E-state index contributed by atoms with van der Waals surface area (Å²) >= 11 is 0. The molecule has 118 valence electrons. The number of aliphatic hydroxyl groups is 1. The molecule has 3 unspecified atom stereocenters. The predicted octanol–water partition coefficient (Wildman–Crippen LogP) is 1.37. The third-order valence-electron chi connectivity index (χ3n) is 4.57. The van der Waals surface area contributed by atoms with Crippen molar-refractivity contribution in [2.45, 2.75) is 57.6 Å². The molecule has 1 aliphatic carbocycles. The minimum atomic E-state index is -3.27. The zero-order chi connectivity index (χ0) is 14.6. The number of sulfonamides is 1. The summed E-state index contributed by atoms with van der Waals surface area (Å²) in [6, 6.07) is -0.00660. The highest BCUT2D eigenvalue weighted by Crippen LogP contribution is 2.36. The molecule has 1 heterocycles. The van der Waals surface area contributed by atoms with Crippen molar-refractivity contribution < 1.29 is 18.3 Å². The summed E-state index contributed by atoms with van der Waals surface area (Å²) in [7, 11) is -3.27. The molecular formula is C14H27NO4S. The van der Waals surface area contributed by atoms with Crippen LogP contribution in [0.3, 0.4) is 0 Å². The Hall–Kier alpha value is -0.170. The van der Waals surface area contributed by atoms with E-state index in [0.29, 0.717) is 13.2 Å². The van der Waals surface area contributed by atoms with E-state index in [1.54, 1.807) is 4.31 Å². The van der Waals surface area contributed by atoms with Crippen LogP contribution >= 0.6 is 0 Å². The van der Waals surface area contributed by atoms with Crippen LogP contribution in [0.1, 0.15) is 45.4 Å². The van der Waals surface area contributed by atoms with Gasteiger partial charge in [-0.05, 0) is 32.6 Å². The molecule has 1 aliphatic heterocycles. The van der Waals surface area contributed by atoms with Crippen molar-refractivity contribution in [1.29, 1.82) is 0 Å². The molecule has 0 bridgehead atoms. The molecule has 0 aromatic rings. The largest absolute Gasteiger partial charge is 0.393 e. The van der Waals surface area contributed by atoms with E-state index in [9.17, 15) is 13.5 Å².